The first-order valence-electron chi connectivity index (χ1n) is 41.6. The van der Waals surface area contributed by atoms with Crippen LogP contribution in [0.2, 0.25) is 0 Å². The lowest BCUT2D eigenvalue weighted by atomic mass is 9.90. The summed E-state index contributed by atoms with van der Waals surface area (Å²) in [6.07, 6.45) is 8.96. The fourth-order valence-corrected chi connectivity index (χ4v) is 18.8. The summed E-state index contributed by atoms with van der Waals surface area (Å²) in [6.45, 7) is 19.7. The highest BCUT2D eigenvalue weighted by molar-refractivity contribution is 6.09. The number of fused-ring (bicyclic) bond motifs is 12. The second kappa shape index (κ2) is 35.0. The number of aromatic nitrogens is 4. The normalized spacial score (nSPS) is 21.2. The Morgan fingerprint density at radius 1 is 0.500 bits per heavy atom. The quantitative estimate of drug-likeness (QED) is 0.0470. The minimum atomic E-state index is -0.908. The van der Waals surface area contributed by atoms with Gasteiger partial charge in [0.1, 0.15) is 54.5 Å². The van der Waals surface area contributed by atoms with E-state index in [4.69, 9.17) is 53.1 Å². The fraction of sp³-hybridized carbons (Fsp3) is 0.441. The number of carbonyl (C=O) groups excluding carboxylic acids is 6. The molecule has 8 aliphatic rings. The molecular weight excluding hydrogens is 1490 g/mol. The Balaban J connectivity index is 0.000000186. The molecule has 9 aromatic rings. The van der Waals surface area contributed by atoms with Crippen molar-refractivity contribution in [1.29, 1.82) is 0 Å². The van der Waals surface area contributed by atoms with E-state index in [1.807, 2.05) is 99.0 Å². The Bertz CT molecular complexity index is 5360. The number of benzene rings is 7. The van der Waals surface area contributed by atoms with Gasteiger partial charge in [0.25, 0.3) is 5.91 Å². The second-order valence-electron chi connectivity index (χ2n) is 33.3. The van der Waals surface area contributed by atoms with Crippen LogP contribution in [-0.2, 0) is 64.1 Å². The van der Waals surface area contributed by atoms with Crippen molar-refractivity contribution in [3.63, 3.8) is 0 Å². The molecule has 6 amide bonds. The Kier molecular flexibility index (Phi) is 24.2. The number of likely N-dealkylation sites (tertiary alicyclic amines) is 3. The molecule has 0 bridgehead atoms. The summed E-state index contributed by atoms with van der Waals surface area (Å²) in [6, 6.07) is 36.2. The van der Waals surface area contributed by atoms with E-state index in [1.165, 1.54) is 46.2 Å². The smallest absolute Gasteiger partial charge is 0.407 e. The summed E-state index contributed by atoms with van der Waals surface area (Å²) in [4.78, 5) is 112. The van der Waals surface area contributed by atoms with Crippen molar-refractivity contribution in [3.05, 3.63) is 167 Å². The third-order valence-corrected chi connectivity index (χ3v) is 24.7. The molecule has 11 atom stereocenters. The van der Waals surface area contributed by atoms with E-state index in [9.17, 15) is 28.8 Å². The molecule has 0 unspecified atom stereocenters. The highest BCUT2D eigenvalue weighted by atomic mass is 16.5. The van der Waals surface area contributed by atoms with Crippen molar-refractivity contribution in [2.24, 2.45) is 45.5 Å². The maximum absolute atomic E-state index is 14.2. The van der Waals surface area contributed by atoms with Gasteiger partial charge in [-0.05, 0) is 182 Å². The zero-order valence-electron chi connectivity index (χ0n) is 69.7. The molecule has 1 saturated carbocycles. The van der Waals surface area contributed by atoms with Crippen LogP contribution in [0.4, 0.5) is 25.8 Å². The Morgan fingerprint density at radius 2 is 0.975 bits per heavy atom. The molecular formula is C93H108N12O13. The summed E-state index contributed by atoms with van der Waals surface area (Å²) in [5.41, 5.74) is 17.2. The first kappa shape index (κ1) is 81.7. The molecule has 618 valence electrons. The average molecular weight is 1600 g/mol. The average Bonchev–Trinajstić information content (AvgIpc) is 0.993. The lowest BCUT2D eigenvalue weighted by Crippen LogP contribution is -2.53. The van der Waals surface area contributed by atoms with Crippen LogP contribution in [-0.4, -0.2) is 175 Å². The Morgan fingerprint density at radius 3 is 1.44 bits per heavy atom. The van der Waals surface area contributed by atoms with Gasteiger partial charge in [-0.25, -0.2) is 24.4 Å². The highest BCUT2D eigenvalue weighted by Gasteiger charge is 2.46. The standard InChI is InChI=1S/C50H55N7O8.C41H47N5O5.C2H6/c1-27(2)44(54-49(60)63-5)47(58)57-24-29(25-62-4)17-41(57)39-20-36-35-21-43-37(19-31(35)13-15-38(36)52-39)34-14-12-32(18-33(34)26-65-43)40-22-51-46(53-40)42-16-28(3)23-56(42)48(59)45(55-50(61)64-6)30-10-8-7-9-11-30;1-22(2)38(45-41(48)50-5)40(47)46-19-24(20-49-4)13-36(46)34-16-31-30-17-37-32(15-25(30)9-11-33(31)43-34)29-10-8-26(14-28(29)21-51-37)35-18-42-39(44-35)27-7-6-23(3)12-27;1-2/h7-15,18-19,21-22,27-29,41-42,44-45H,16-17,20,23-26H2,1-6H3,(H,51,53)(H,54,60)(H,55,61);8-11,14-15,17-18,22-24,27,36,38H,6-7,12-13,16,19-21H2,1-5H3,(H,42,44)(H,45,48);1-2H3/t28-,29-,41-,42-,44-,45+;23-,24+,27+,36+,38+;/m01./s1. The number of rotatable bonds is 19. The number of H-pyrrole nitrogens is 2. The van der Waals surface area contributed by atoms with E-state index in [2.05, 4.69) is 125 Å². The number of amides is 6. The van der Waals surface area contributed by atoms with Crippen LogP contribution in [0.5, 0.6) is 11.5 Å². The molecule has 2 aromatic heterocycles. The van der Waals surface area contributed by atoms with E-state index in [1.54, 1.807) is 14.2 Å². The van der Waals surface area contributed by atoms with Gasteiger partial charge in [0.2, 0.25) is 11.8 Å². The summed E-state index contributed by atoms with van der Waals surface area (Å²) >= 11 is 0. The van der Waals surface area contributed by atoms with Crippen molar-refractivity contribution >= 4 is 80.3 Å². The fourth-order valence-electron chi connectivity index (χ4n) is 18.8. The molecule has 25 heteroatoms. The Labute approximate surface area is 688 Å². The first-order valence-corrected chi connectivity index (χ1v) is 41.6. The van der Waals surface area contributed by atoms with Crippen molar-refractivity contribution in [2.75, 3.05) is 68.4 Å². The van der Waals surface area contributed by atoms with Crippen molar-refractivity contribution in [2.45, 2.75) is 162 Å². The SMILES string of the molecule is CC.COC[C@H]1C[C@@H](C2=Nc3ccc4cc5c(cc4c3C2)OCc2cc(-c3cnc([C@@H]4C[C@H](C)CN4C(=O)[C@H](NC(=O)OC)c4ccccc4)[nH]3)ccc2-5)N(C(=O)[C@@H](NC(=O)OC)C(C)C)C1.COC[C@H]1C[C@@H](C2=Nc3ccc4cc5c(cc4c3C2)OCc2cc(-c3cnc([C@H]4CC[C@@H](C)C4)[nH]3)ccc2-5)N(C(=O)[C@@H](NC(=O)OC)C(C)C)C1. The third-order valence-electron chi connectivity index (χ3n) is 24.7. The van der Waals surface area contributed by atoms with Gasteiger partial charge in [0.05, 0.1) is 87.8 Å². The molecule has 17 rings (SSSR count). The number of imidazole rings is 2. The largest absolute Gasteiger partial charge is 0.488 e. The summed E-state index contributed by atoms with van der Waals surface area (Å²) in [5, 5.41) is 12.6. The molecule has 25 nitrogen and oxygen atoms in total. The number of hydrogen-bond acceptors (Lipinski definition) is 17. The summed E-state index contributed by atoms with van der Waals surface area (Å²) in [5.74, 6) is 4.52. The molecule has 4 fully saturated rings. The van der Waals surface area contributed by atoms with Gasteiger partial charge in [-0.2, -0.15) is 0 Å². The molecule has 9 heterocycles. The zero-order chi connectivity index (χ0) is 82.9. The Hall–Kier alpha value is -11.4. The summed E-state index contributed by atoms with van der Waals surface area (Å²) in [7, 11) is 7.25. The topological polar surface area (TPSA) is 295 Å². The molecule has 118 heavy (non-hydrogen) atoms. The molecule has 3 saturated heterocycles. The maximum Gasteiger partial charge on any atom is 0.407 e. The van der Waals surface area contributed by atoms with Gasteiger partial charge >= 0.3 is 18.3 Å². The molecule has 5 N–H and O–H groups in total. The number of carbonyl (C=O) groups is 6. The van der Waals surface area contributed by atoms with E-state index < -0.39 is 36.4 Å². The molecule has 7 aromatic carbocycles. The van der Waals surface area contributed by atoms with Crippen LogP contribution in [0, 0.1) is 35.5 Å². The van der Waals surface area contributed by atoms with Crippen LogP contribution < -0.4 is 25.4 Å². The monoisotopic (exact) mass is 1600 g/mol. The van der Waals surface area contributed by atoms with E-state index in [0.29, 0.717) is 82.6 Å². The zero-order valence-corrected chi connectivity index (χ0v) is 69.7. The number of aliphatic imine (C=N–C) groups is 2. The van der Waals surface area contributed by atoms with Gasteiger partial charge in [-0.15, -0.1) is 0 Å². The second-order valence-corrected chi connectivity index (χ2v) is 33.3. The van der Waals surface area contributed by atoms with E-state index in [-0.39, 0.29) is 65.4 Å². The molecule has 7 aliphatic heterocycles. The van der Waals surface area contributed by atoms with E-state index in [0.717, 1.165) is 142 Å². The number of aromatic amines is 2. The van der Waals surface area contributed by atoms with Gasteiger partial charge in [0, 0.05) is 87.0 Å². The van der Waals surface area contributed by atoms with Crippen molar-refractivity contribution in [3.8, 4) is 56.3 Å². The minimum Gasteiger partial charge on any atom is -0.488 e. The number of hydrogen-bond donors (Lipinski definition) is 5. The number of ether oxygens (including phenoxy) is 7. The van der Waals surface area contributed by atoms with Crippen LogP contribution >= 0.6 is 0 Å². The minimum absolute atomic E-state index is 0.114. The number of nitrogens with zero attached hydrogens (tertiary/aromatic N) is 7. The highest BCUT2D eigenvalue weighted by Crippen LogP contribution is 2.49. The predicted molar refractivity (Wildman–Crippen MR) is 454 cm³/mol. The number of nitrogens with one attached hydrogen (secondary N) is 5. The van der Waals surface area contributed by atoms with Gasteiger partial charge in [-0.3, -0.25) is 24.4 Å². The lowest BCUT2D eigenvalue weighted by Gasteiger charge is -2.31. The van der Waals surface area contributed by atoms with Gasteiger partial charge in [0.15, 0.2) is 0 Å². The third kappa shape index (κ3) is 16.4. The lowest BCUT2D eigenvalue weighted by molar-refractivity contribution is -0.135. The first-order chi connectivity index (χ1) is 57.1. The van der Waals surface area contributed by atoms with Crippen LogP contribution in [0.25, 0.3) is 66.3 Å². The van der Waals surface area contributed by atoms with E-state index >= 15 is 0 Å². The van der Waals surface area contributed by atoms with Crippen LogP contribution in [0.15, 0.2) is 138 Å². The molecule has 0 spiro atoms. The predicted octanol–water partition coefficient (Wildman–Crippen LogP) is 16.3. The summed E-state index contributed by atoms with van der Waals surface area (Å²) < 4.78 is 38.5. The van der Waals surface area contributed by atoms with Crippen molar-refractivity contribution in [1.82, 2.24) is 50.6 Å². The van der Waals surface area contributed by atoms with Crippen LogP contribution in [0.3, 0.4) is 0 Å². The molecule has 0 radical (unpaired) electrons. The molecule has 1 aliphatic carbocycles. The number of methoxy groups -OCH3 is 5. The van der Waals surface area contributed by atoms with Gasteiger partial charge in [-0.1, -0.05) is 122 Å². The number of alkyl carbamates (subject to hydrolysis) is 3. The van der Waals surface area contributed by atoms with Crippen molar-refractivity contribution < 1.29 is 61.9 Å². The maximum atomic E-state index is 14.2. The van der Waals surface area contributed by atoms with Gasteiger partial charge < -0.3 is 73.8 Å². The van der Waals surface area contributed by atoms with Crippen LogP contribution in [0.1, 0.15) is 151 Å².